The zero-order chi connectivity index (χ0) is 15.3. The molecule has 21 heavy (non-hydrogen) atoms. The van der Waals surface area contributed by atoms with Crippen LogP contribution in [0.1, 0.15) is 43.5 Å². The number of allylic oxidation sites excluding steroid dienone is 2. The second-order valence-corrected chi connectivity index (χ2v) is 9.19. The molecule has 0 atom stereocenters. The van der Waals surface area contributed by atoms with Crippen LogP contribution in [0.4, 0.5) is 0 Å². The van der Waals surface area contributed by atoms with E-state index in [0.717, 1.165) is 22.0 Å². The van der Waals surface area contributed by atoms with E-state index in [1.54, 1.807) is 22.7 Å². The van der Waals surface area contributed by atoms with E-state index >= 15 is 0 Å². The molecule has 0 aromatic carbocycles. The SMILES string of the molecule is Cc1cc(C2=C(c3c(C)sc(C)c3Br)CCC2=O)c(C)s1. The molecule has 0 aliphatic heterocycles. The standard InChI is InChI=1S/C17H17BrOS2/c1-8-7-13(9(2)20-8)16-12(5-6-14(16)19)15-10(3)21-11(4)17(15)18/h7H,5-6H2,1-4H3. The average molecular weight is 381 g/mol. The molecular formula is C17H17BrOS2. The van der Waals surface area contributed by atoms with Crippen molar-refractivity contribution in [2.45, 2.75) is 40.5 Å². The maximum absolute atomic E-state index is 12.5. The first-order valence-electron chi connectivity index (χ1n) is 6.99. The smallest absolute Gasteiger partial charge is 0.164 e. The summed E-state index contributed by atoms with van der Waals surface area (Å²) in [5.41, 5.74) is 4.58. The van der Waals surface area contributed by atoms with Crippen LogP contribution in [-0.2, 0) is 4.79 Å². The summed E-state index contributed by atoms with van der Waals surface area (Å²) in [6, 6.07) is 2.17. The van der Waals surface area contributed by atoms with Crippen LogP contribution < -0.4 is 0 Å². The number of hydrogen-bond acceptors (Lipinski definition) is 3. The van der Waals surface area contributed by atoms with Gasteiger partial charge in [-0.05, 0) is 67.2 Å². The van der Waals surface area contributed by atoms with E-state index in [1.165, 1.54) is 30.6 Å². The van der Waals surface area contributed by atoms with E-state index in [2.05, 4.69) is 49.7 Å². The first-order valence-corrected chi connectivity index (χ1v) is 9.42. The van der Waals surface area contributed by atoms with Crippen LogP contribution in [0.25, 0.3) is 11.1 Å². The lowest BCUT2D eigenvalue weighted by molar-refractivity contribution is -0.113. The van der Waals surface area contributed by atoms with Gasteiger partial charge in [0.25, 0.3) is 0 Å². The van der Waals surface area contributed by atoms with E-state index in [0.29, 0.717) is 12.2 Å². The molecule has 110 valence electrons. The summed E-state index contributed by atoms with van der Waals surface area (Å²) in [7, 11) is 0. The molecule has 1 nitrogen and oxygen atoms in total. The molecular weight excluding hydrogens is 364 g/mol. The molecule has 0 amide bonds. The number of carbonyl (C=O) groups is 1. The summed E-state index contributed by atoms with van der Waals surface area (Å²) in [6.45, 7) is 8.50. The summed E-state index contributed by atoms with van der Waals surface area (Å²) in [4.78, 5) is 17.6. The zero-order valence-corrected chi connectivity index (χ0v) is 15.8. The van der Waals surface area contributed by atoms with E-state index in [9.17, 15) is 4.79 Å². The number of Topliss-reactive ketones (excluding diaryl/α,β-unsaturated/α-hetero) is 1. The lowest BCUT2D eigenvalue weighted by atomic mass is 9.97. The predicted molar refractivity (Wildman–Crippen MR) is 96.3 cm³/mol. The van der Waals surface area contributed by atoms with Crippen LogP contribution in [-0.4, -0.2) is 5.78 Å². The molecule has 0 saturated heterocycles. The Morgan fingerprint density at radius 1 is 1.00 bits per heavy atom. The van der Waals surface area contributed by atoms with Crippen molar-refractivity contribution in [3.63, 3.8) is 0 Å². The lowest BCUT2D eigenvalue weighted by Crippen LogP contribution is -1.96. The fraction of sp³-hybridized carbons (Fsp3) is 0.353. The molecule has 0 fully saturated rings. The molecule has 2 heterocycles. The summed E-state index contributed by atoms with van der Waals surface area (Å²) >= 11 is 7.30. The minimum atomic E-state index is 0.293. The Hall–Kier alpha value is -0.710. The van der Waals surface area contributed by atoms with E-state index < -0.39 is 0 Å². The number of halogens is 1. The van der Waals surface area contributed by atoms with Crippen molar-refractivity contribution in [2.24, 2.45) is 0 Å². The van der Waals surface area contributed by atoms with Crippen molar-refractivity contribution in [1.29, 1.82) is 0 Å². The number of aryl methyl sites for hydroxylation is 4. The first-order chi connectivity index (χ1) is 9.90. The Balaban J connectivity index is 2.27. The number of thiophene rings is 2. The second kappa shape index (κ2) is 5.49. The minimum Gasteiger partial charge on any atom is -0.294 e. The topological polar surface area (TPSA) is 17.1 Å². The monoisotopic (exact) mass is 380 g/mol. The Bertz CT molecular complexity index is 777. The third kappa shape index (κ3) is 2.47. The quantitative estimate of drug-likeness (QED) is 0.616. The Morgan fingerprint density at radius 3 is 2.24 bits per heavy atom. The summed E-state index contributed by atoms with van der Waals surface area (Å²) < 4.78 is 1.16. The number of rotatable bonds is 2. The van der Waals surface area contributed by atoms with Crippen molar-refractivity contribution in [3.8, 4) is 0 Å². The molecule has 0 radical (unpaired) electrons. The molecule has 0 unspecified atom stereocenters. The highest BCUT2D eigenvalue weighted by atomic mass is 79.9. The van der Waals surface area contributed by atoms with Gasteiger partial charge in [0.1, 0.15) is 0 Å². The summed E-state index contributed by atoms with van der Waals surface area (Å²) in [6.07, 6.45) is 1.50. The third-order valence-corrected chi connectivity index (χ3v) is 7.22. The van der Waals surface area contributed by atoms with Crippen LogP contribution in [0.15, 0.2) is 10.5 Å². The van der Waals surface area contributed by atoms with Crippen molar-refractivity contribution < 1.29 is 4.79 Å². The van der Waals surface area contributed by atoms with Gasteiger partial charge in [-0.3, -0.25) is 4.79 Å². The first kappa shape index (κ1) is 15.2. The van der Waals surface area contributed by atoms with Gasteiger partial charge in [-0.2, -0.15) is 0 Å². The van der Waals surface area contributed by atoms with Gasteiger partial charge >= 0.3 is 0 Å². The van der Waals surface area contributed by atoms with E-state index in [1.807, 2.05) is 0 Å². The maximum Gasteiger partial charge on any atom is 0.164 e. The maximum atomic E-state index is 12.5. The van der Waals surface area contributed by atoms with Gasteiger partial charge < -0.3 is 0 Å². The van der Waals surface area contributed by atoms with Crippen LogP contribution in [0.2, 0.25) is 0 Å². The molecule has 2 aromatic heterocycles. The van der Waals surface area contributed by atoms with Crippen LogP contribution in [0.5, 0.6) is 0 Å². The van der Waals surface area contributed by atoms with Crippen molar-refractivity contribution in [2.75, 3.05) is 0 Å². The highest BCUT2D eigenvalue weighted by Gasteiger charge is 2.29. The van der Waals surface area contributed by atoms with Crippen molar-refractivity contribution in [1.82, 2.24) is 0 Å². The number of ketones is 1. The van der Waals surface area contributed by atoms with Gasteiger partial charge in [0.05, 0.1) is 0 Å². The fourth-order valence-corrected chi connectivity index (χ4v) is 5.92. The van der Waals surface area contributed by atoms with Gasteiger partial charge in [0.15, 0.2) is 5.78 Å². The van der Waals surface area contributed by atoms with Gasteiger partial charge in [0.2, 0.25) is 0 Å². The molecule has 0 bridgehead atoms. The van der Waals surface area contributed by atoms with Crippen LogP contribution >= 0.6 is 38.6 Å². The molecule has 0 saturated carbocycles. The van der Waals surface area contributed by atoms with Gasteiger partial charge in [0, 0.05) is 41.5 Å². The molecule has 3 rings (SSSR count). The molecule has 1 aliphatic rings. The fourth-order valence-electron chi connectivity index (χ4n) is 3.10. The number of carbonyl (C=O) groups excluding carboxylic acids is 1. The highest BCUT2D eigenvalue weighted by molar-refractivity contribution is 9.10. The Morgan fingerprint density at radius 2 is 1.71 bits per heavy atom. The number of hydrogen-bond donors (Lipinski definition) is 0. The van der Waals surface area contributed by atoms with Gasteiger partial charge in [-0.1, -0.05) is 0 Å². The lowest BCUT2D eigenvalue weighted by Gasteiger charge is -2.08. The van der Waals surface area contributed by atoms with Gasteiger partial charge in [-0.25, -0.2) is 0 Å². The van der Waals surface area contributed by atoms with Crippen molar-refractivity contribution >= 4 is 55.5 Å². The van der Waals surface area contributed by atoms with Crippen molar-refractivity contribution in [3.05, 3.63) is 41.2 Å². The molecule has 4 heteroatoms. The third-order valence-electron chi connectivity index (χ3n) is 3.98. The molecule has 1 aliphatic carbocycles. The molecule has 2 aromatic rings. The summed E-state index contributed by atoms with van der Waals surface area (Å²) in [5.74, 6) is 0.293. The Labute approximate surface area is 141 Å². The largest absolute Gasteiger partial charge is 0.294 e. The predicted octanol–water partition coefficient (Wildman–Crippen LogP) is 6.08. The van der Waals surface area contributed by atoms with E-state index in [-0.39, 0.29) is 0 Å². The Kier molecular flexibility index (Phi) is 3.97. The summed E-state index contributed by atoms with van der Waals surface area (Å²) in [5, 5.41) is 0. The van der Waals surface area contributed by atoms with Gasteiger partial charge in [-0.15, -0.1) is 22.7 Å². The highest BCUT2D eigenvalue weighted by Crippen LogP contribution is 2.46. The second-order valence-electron chi connectivity index (χ2n) is 5.51. The molecule has 0 N–H and O–H groups in total. The van der Waals surface area contributed by atoms with Crippen LogP contribution in [0, 0.1) is 27.7 Å². The van der Waals surface area contributed by atoms with E-state index in [4.69, 9.17) is 0 Å². The van der Waals surface area contributed by atoms with Crippen LogP contribution in [0.3, 0.4) is 0 Å². The molecule has 0 spiro atoms. The normalized spacial score (nSPS) is 15.4. The zero-order valence-electron chi connectivity index (χ0n) is 12.6. The minimum absolute atomic E-state index is 0.293. The average Bonchev–Trinajstić information content (AvgIpc) is 2.99.